The summed E-state index contributed by atoms with van der Waals surface area (Å²) in [5, 5.41) is -0.684. The summed E-state index contributed by atoms with van der Waals surface area (Å²) < 4.78 is 40.6. The molecule has 2 rings (SSSR count). The molecule has 0 radical (unpaired) electrons. The maximum atomic E-state index is 13.9. The monoisotopic (exact) mass is 263 g/mol. The van der Waals surface area contributed by atoms with E-state index < -0.39 is 28.0 Å². The average Bonchev–Trinajstić information content (AvgIpc) is 2.26. The van der Waals surface area contributed by atoms with E-state index in [9.17, 15) is 13.2 Å². The Balaban J connectivity index is 2.54. The lowest BCUT2D eigenvalue weighted by Crippen LogP contribution is -2.40. The van der Waals surface area contributed by atoms with Crippen molar-refractivity contribution in [2.75, 3.05) is 0 Å². The van der Waals surface area contributed by atoms with Crippen molar-refractivity contribution < 1.29 is 13.2 Å². The number of hydrogen-bond acceptors (Lipinski definition) is 1. The Bertz CT molecular complexity index is 442. The number of hydrogen-bond donors (Lipinski definition) is 1. The van der Waals surface area contributed by atoms with Gasteiger partial charge < -0.3 is 5.73 Å². The van der Waals surface area contributed by atoms with E-state index in [-0.39, 0.29) is 5.56 Å². The zero-order valence-electron chi connectivity index (χ0n) is 9.20. The fraction of sp³-hybridized carbons (Fsp3) is 0.500. The zero-order chi connectivity index (χ0) is 12.6. The van der Waals surface area contributed by atoms with Crippen LogP contribution in [0.4, 0.5) is 13.2 Å². The summed E-state index contributed by atoms with van der Waals surface area (Å²) in [4.78, 5) is 0. The lowest BCUT2D eigenvalue weighted by Gasteiger charge is -2.34. The van der Waals surface area contributed by atoms with Crippen molar-refractivity contribution in [3.8, 4) is 0 Å². The Hall–Kier alpha value is -0.740. The molecular weight excluding hydrogens is 251 g/mol. The van der Waals surface area contributed by atoms with E-state index in [1.165, 1.54) is 0 Å². The van der Waals surface area contributed by atoms with Gasteiger partial charge in [0, 0.05) is 17.2 Å². The Morgan fingerprint density at radius 1 is 1.06 bits per heavy atom. The minimum atomic E-state index is -1.09. The van der Waals surface area contributed by atoms with E-state index in [1.54, 1.807) is 0 Å². The van der Waals surface area contributed by atoms with Crippen LogP contribution in [0.25, 0.3) is 0 Å². The van der Waals surface area contributed by atoms with Gasteiger partial charge in [-0.2, -0.15) is 0 Å². The van der Waals surface area contributed by atoms with E-state index in [0.717, 1.165) is 19.3 Å². The molecule has 0 heterocycles. The molecule has 0 atom stereocenters. The quantitative estimate of drug-likeness (QED) is 0.604. The van der Waals surface area contributed by atoms with E-state index >= 15 is 0 Å². The highest BCUT2D eigenvalue weighted by Crippen LogP contribution is 2.39. The van der Waals surface area contributed by atoms with Crippen LogP contribution in [0.15, 0.2) is 6.07 Å². The number of nitrogens with two attached hydrogens (primary N) is 1. The Kier molecular flexibility index (Phi) is 3.36. The van der Waals surface area contributed by atoms with Crippen LogP contribution in [-0.4, -0.2) is 0 Å². The van der Waals surface area contributed by atoms with Crippen molar-refractivity contribution in [3.05, 3.63) is 34.1 Å². The fourth-order valence-corrected chi connectivity index (χ4v) is 2.60. The summed E-state index contributed by atoms with van der Waals surface area (Å²) in [6.07, 6.45) is 3.59. The zero-order valence-corrected chi connectivity index (χ0v) is 9.96. The molecule has 2 N–H and O–H groups in total. The van der Waals surface area contributed by atoms with Crippen molar-refractivity contribution in [2.45, 2.75) is 37.6 Å². The highest BCUT2D eigenvalue weighted by Gasteiger charge is 2.36. The van der Waals surface area contributed by atoms with Gasteiger partial charge in [-0.15, -0.1) is 0 Å². The lowest BCUT2D eigenvalue weighted by atomic mass is 9.77. The minimum Gasteiger partial charge on any atom is -0.321 e. The van der Waals surface area contributed by atoms with Crippen molar-refractivity contribution in [1.29, 1.82) is 0 Å². The number of halogens is 4. The molecule has 1 saturated carbocycles. The third-order valence-corrected chi connectivity index (χ3v) is 3.70. The highest BCUT2D eigenvalue weighted by atomic mass is 35.5. The van der Waals surface area contributed by atoms with Gasteiger partial charge in [-0.3, -0.25) is 0 Å². The maximum Gasteiger partial charge on any atom is 0.152 e. The molecule has 0 aromatic heterocycles. The molecule has 0 unspecified atom stereocenters. The molecule has 1 aromatic rings. The SMILES string of the molecule is NC1(c2c(F)cc(F)c(Cl)c2F)CCCCC1. The molecule has 1 fully saturated rings. The van der Waals surface area contributed by atoms with Crippen molar-refractivity contribution in [1.82, 2.24) is 0 Å². The van der Waals surface area contributed by atoms with E-state index in [1.807, 2.05) is 0 Å². The molecule has 0 bridgehead atoms. The molecule has 1 aliphatic carbocycles. The topological polar surface area (TPSA) is 26.0 Å². The largest absolute Gasteiger partial charge is 0.321 e. The van der Waals surface area contributed by atoms with Crippen molar-refractivity contribution in [2.24, 2.45) is 5.73 Å². The Morgan fingerprint density at radius 2 is 1.65 bits per heavy atom. The molecule has 5 heteroatoms. The van der Waals surface area contributed by atoms with Crippen LogP contribution in [0, 0.1) is 17.5 Å². The highest BCUT2D eigenvalue weighted by molar-refractivity contribution is 6.31. The Labute approximate surface area is 103 Å². The van der Waals surface area contributed by atoms with Gasteiger partial charge in [0.1, 0.15) is 16.7 Å². The third-order valence-electron chi connectivity index (χ3n) is 3.36. The van der Waals surface area contributed by atoms with Crippen molar-refractivity contribution >= 4 is 11.6 Å². The van der Waals surface area contributed by atoms with Crippen LogP contribution < -0.4 is 5.73 Å². The van der Waals surface area contributed by atoms with Gasteiger partial charge in [0.05, 0.1) is 0 Å². The first kappa shape index (κ1) is 12.7. The molecule has 0 saturated heterocycles. The summed E-state index contributed by atoms with van der Waals surface area (Å²) in [7, 11) is 0. The number of benzene rings is 1. The normalized spacial score (nSPS) is 19.4. The maximum absolute atomic E-state index is 13.9. The van der Waals surface area contributed by atoms with Gasteiger partial charge in [-0.05, 0) is 12.8 Å². The second-order valence-electron chi connectivity index (χ2n) is 4.56. The van der Waals surface area contributed by atoms with Crippen LogP contribution in [0.5, 0.6) is 0 Å². The molecule has 0 spiro atoms. The fourth-order valence-electron chi connectivity index (χ4n) is 2.46. The summed E-state index contributed by atoms with van der Waals surface area (Å²) in [6, 6.07) is 0.601. The predicted octanol–water partition coefficient (Wildman–Crippen LogP) is 3.88. The summed E-state index contributed by atoms with van der Waals surface area (Å²) in [6.45, 7) is 0. The second kappa shape index (κ2) is 4.50. The van der Waals surface area contributed by atoms with Gasteiger partial charge in [0.15, 0.2) is 5.82 Å². The lowest BCUT2D eigenvalue weighted by molar-refractivity contribution is 0.281. The molecule has 0 aliphatic heterocycles. The van der Waals surface area contributed by atoms with Gasteiger partial charge in [-0.25, -0.2) is 13.2 Å². The summed E-state index contributed by atoms with van der Waals surface area (Å²) in [5.74, 6) is -3.10. The first-order chi connectivity index (χ1) is 7.96. The van der Waals surface area contributed by atoms with Gasteiger partial charge >= 0.3 is 0 Å². The summed E-state index contributed by atoms with van der Waals surface area (Å²) in [5.41, 5.74) is 4.70. The summed E-state index contributed by atoms with van der Waals surface area (Å²) >= 11 is 5.46. The molecule has 0 amide bonds. The third kappa shape index (κ3) is 2.16. The van der Waals surface area contributed by atoms with Gasteiger partial charge in [0.25, 0.3) is 0 Å². The van der Waals surface area contributed by atoms with Crippen LogP contribution in [0.2, 0.25) is 5.02 Å². The first-order valence-corrected chi connectivity index (χ1v) is 5.96. The molecular formula is C12H13ClF3N. The molecule has 17 heavy (non-hydrogen) atoms. The minimum absolute atomic E-state index is 0.274. The average molecular weight is 264 g/mol. The van der Waals surface area contributed by atoms with Gasteiger partial charge in [0.2, 0.25) is 0 Å². The second-order valence-corrected chi connectivity index (χ2v) is 4.94. The molecule has 1 nitrogen and oxygen atoms in total. The first-order valence-electron chi connectivity index (χ1n) is 5.58. The van der Waals surface area contributed by atoms with E-state index in [0.29, 0.717) is 18.9 Å². The van der Waals surface area contributed by atoms with Crippen molar-refractivity contribution in [3.63, 3.8) is 0 Å². The molecule has 1 aromatic carbocycles. The van der Waals surface area contributed by atoms with Crippen LogP contribution >= 0.6 is 11.6 Å². The van der Waals surface area contributed by atoms with E-state index in [4.69, 9.17) is 17.3 Å². The smallest absolute Gasteiger partial charge is 0.152 e. The van der Waals surface area contributed by atoms with Crippen LogP contribution in [-0.2, 0) is 5.54 Å². The van der Waals surface area contributed by atoms with E-state index in [2.05, 4.69) is 0 Å². The molecule has 94 valence electrons. The molecule has 1 aliphatic rings. The van der Waals surface area contributed by atoms with Crippen LogP contribution in [0.3, 0.4) is 0 Å². The van der Waals surface area contributed by atoms with Crippen LogP contribution in [0.1, 0.15) is 37.7 Å². The predicted molar refractivity (Wildman–Crippen MR) is 60.3 cm³/mol. The van der Waals surface area contributed by atoms with Gasteiger partial charge in [-0.1, -0.05) is 30.9 Å². The Morgan fingerprint density at radius 3 is 2.24 bits per heavy atom. The standard InChI is InChI=1S/C12H13ClF3N/c13-10-8(15)6-7(14)9(11(10)16)12(17)4-2-1-3-5-12/h6H,1-5,17H2. The number of rotatable bonds is 1.